The van der Waals surface area contributed by atoms with Crippen LogP contribution in [0.2, 0.25) is 0 Å². The third kappa shape index (κ3) is 5.24. The minimum atomic E-state index is -3.25. The van der Waals surface area contributed by atoms with Crippen molar-refractivity contribution in [3.8, 4) is 0 Å². The SMILES string of the molecule is CCNS(=O)(=O)CCNC(C)c1cccc([N+](=O)[O-])c1. The molecule has 112 valence electrons. The van der Waals surface area contributed by atoms with Crippen molar-refractivity contribution in [1.29, 1.82) is 0 Å². The molecule has 0 aromatic heterocycles. The molecule has 8 heteroatoms. The summed E-state index contributed by atoms with van der Waals surface area (Å²) in [6, 6.07) is 6.12. The minimum absolute atomic E-state index is 0.0245. The Morgan fingerprint density at radius 2 is 2.10 bits per heavy atom. The summed E-state index contributed by atoms with van der Waals surface area (Å²) in [5.41, 5.74) is 0.775. The van der Waals surface area contributed by atoms with Crippen LogP contribution in [0.3, 0.4) is 0 Å². The average Bonchev–Trinajstić information content (AvgIpc) is 2.38. The lowest BCUT2D eigenvalue weighted by Gasteiger charge is -2.14. The van der Waals surface area contributed by atoms with Crippen molar-refractivity contribution >= 4 is 15.7 Å². The first-order chi connectivity index (χ1) is 9.35. The highest BCUT2D eigenvalue weighted by Crippen LogP contribution is 2.18. The average molecular weight is 301 g/mol. The highest BCUT2D eigenvalue weighted by Gasteiger charge is 2.12. The van der Waals surface area contributed by atoms with Crippen LogP contribution < -0.4 is 10.0 Å². The number of hydrogen-bond acceptors (Lipinski definition) is 5. The lowest BCUT2D eigenvalue weighted by molar-refractivity contribution is -0.384. The summed E-state index contributed by atoms with van der Waals surface area (Å²) < 4.78 is 25.3. The third-order valence-corrected chi connectivity index (χ3v) is 4.24. The van der Waals surface area contributed by atoms with Gasteiger partial charge in [0.05, 0.1) is 10.7 Å². The van der Waals surface area contributed by atoms with Crippen LogP contribution in [0.25, 0.3) is 0 Å². The van der Waals surface area contributed by atoms with Crippen LogP contribution in [0.15, 0.2) is 24.3 Å². The minimum Gasteiger partial charge on any atom is -0.309 e. The second kappa shape index (κ2) is 7.32. The summed E-state index contributed by atoms with van der Waals surface area (Å²) >= 11 is 0. The first-order valence-corrected chi connectivity index (χ1v) is 7.96. The van der Waals surface area contributed by atoms with Gasteiger partial charge in [-0.3, -0.25) is 10.1 Å². The molecule has 20 heavy (non-hydrogen) atoms. The van der Waals surface area contributed by atoms with Gasteiger partial charge in [0, 0.05) is 31.3 Å². The zero-order chi connectivity index (χ0) is 15.2. The number of nitro groups is 1. The fourth-order valence-corrected chi connectivity index (χ4v) is 2.70. The van der Waals surface area contributed by atoms with Crippen LogP contribution >= 0.6 is 0 Å². The second-order valence-electron chi connectivity index (χ2n) is 4.34. The first kappa shape index (κ1) is 16.5. The Hall–Kier alpha value is -1.51. The van der Waals surface area contributed by atoms with E-state index in [0.717, 1.165) is 5.56 Å². The van der Waals surface area contributed by atoms with E-state index < -0.39 is 14.9 Å². The molecule has 7 nitrogen and oxygen atoms in total. The van der Waals surface area contributed by atoms with E-state index in [0.29, 0.717) is 6.54 Å². The molecule has 0 saturated carbocycles. The molecule has 1 rings (SSSR count). The first-order valence-electron chi connectivity index (χ1n) is 6.31. The smallest absolute Gasteiger partial charge is 0.269 e. The van der Waals surface area contributed by atoms with Gasteiger partial charge in [-0.1, -0.05) is 19.1 Å². The summed E-state index contributed by atoms with van der Waals surface area (Å²) in [4.78, 5) is 10.2. The van der Waals surface area contributed by atoms with E-state index in [9.17, 15) is 18.5 Å². The number of nitro benzene ring substituents is 1. The van der Waals surface area contributed by atoms with Crippen molar-refractivity contribution in [3.05, 3.63) is 39.9 Å². The molecule has 1 aromatic rings. The topological polar surface area (TPSA) is 101 Å². The predicted octanol–water partition coefficient (Wildman–Crippen LogP) is 1.18. The van der Waals surface area contributed by atoms with E-state index >= 15 is 0 Å². The Bertz CT molecular complexity index is 560. The van der Waals surface area contributed by atoms with Gasteiger partial charge in [0.2, 0.25) is 10.0 Å². The molecule has 0 saturated heterocycles. The van der Waals surface area contributed by atoms with Crippen LogP contribution in [-0.2, 0) is 10.0 Å². The normalized spacial score (nSPS) is 13.1. The highest BCUT2D eigenvalue weighted by molar-refractivity contribution is 7.89. The van der Waals surface area contributed by atoms with E-state index in [-0.39, 0.29) is 24.0 Å². The van der Waals surface area contributed by atoms with Crippen molar-refractivity contribution in [1.82, 2.24) is 10.0 Å². The molecule has 0 radical (unpaired) electrons. The van der Waals surface area contributed by atoms with Gasteiger partial charge < -0.3 is 5.32 Å². The molecule has 0 amide bonds. The fraction of sp³-hybridized carbons (Fsp3) is 0.500. The molecular formula is C12H19N3O4S. The number of nitrogens with zero attached hydrogens (tertiary/aromatic N) is 1. The van der Waals surface area contributed by atoms with Gasteiger partial charge in [0.1, 0.15) is 0 Å². The lowest BCUT2D eigenvalue weighted by Crippen LogP contribution is -2.32. The van der Waals surface area contributed by atoms with Crippen molar-refractivity contribution in [2.75, 3.05) is 18.8 Å². The summed E-state index contributed by atoms with van der Waals surface area (Å²) in [5, 5.41) is 13.7. The molecule has 1 unspecified atom stereocenters. The van der Waals surface area contributed by atoms with E-state index in [1.54, 1.807) is 19.1 Å². The molecule has 0 aliphatic rings. The predicted molar refractivity (Wildman–Crippen MR) is 77.0 cm³/mol. The number of sulfonamides is 1. The molecular weight excluding hydrogens is 282 g/mol. The molecule has 0 bridgehead atoms. The van der Waals surface area contributed by atoms with Crippen LogP contribution in [0, 0.1) is 10.1 Å². The van der Waals surface area contributed by atoms with Gasteiger partial charge in [-0.05, 0) is 12.5 Å². The van der Waals surface area contributed by atoms with Crippen molar-refractivity contribution < 1.29 is 13.3 Å². The Kier molecular flexibility index (Phi) is 6.05. The maximum atomic E-state index is 11.5. The number of hydrogen-bond donors (Lipinski definition) is 2. The quantitative estimate of drug-likeness (QED) is 0.554. The molecule has 1 aromatic carbocycles. The lowest BCUT2D eigenvalue weighted by atomic mass is 10.1. The van der Waals surface area contributed by atoms with Crippen LogP contribution in [-0.4, -0.2) is 32.2 Å². The standard InChI is InChI=1S/C12H19N3O4S/c1-3-14-20(18,19)8-7-13-10(2)11-5-4-6-12(9-11)15(16)17/h4-6,9-10,13-14H,3,7-8H2,1-2H3. The Labute approximate surface area is 118 Å². The molecule has 2 N–H and O–H groups in total. The Morgan fingerprint density at radius 1 is 1.40 bits per heavy atom. The monoisotopic (exact) mass is 301 g/mol. The van der Waals surface area contributed by atoms with Crippen molar-refractivity contribution in [2.24, 2.45) is 0 Å². The number of nitrogens with one attached hydrogen (secondary N) is 2. The largest absolute Gasteiger partial charge is 0.309 e. The van der Waals surface area contributed by atoms with E-state index in [4.69, 9.17) is 0 Å². The zero-order valence-electron chi connectivity index (χ0n) is 11.5. The summed E-state index contributed by atoms with van der Waals surface area (Å²) in [5.74, 6) is -0.0277. The van der Waals surface area contributed by atoms with E-state index in [1.165, 1.54) is 12.1 Å². The summed E-state index contributed by atoms with van der Waals surface area (Å²) in [7, 11) is -3.25. The molecule has 0 aliphatic carbocycles. The maximum Gasteiger partial charge on any atom is 0.269 e. The molecule has 0 aliphatic heterocycles. The number of rotatable bonds is 8. The van der Waals surface area contributed by atoms with Gasteiger partial charge in [0.15, 0.2) is 0 Å². The van der Waals surface area contributed by atoms with Crippen LogP contribution in [0.5, 0.6) is 0 Å². The van der Waals surface area contributed by atoms with Gasteiger partial charge in [-0.15, -0.1) is 0 Å². The molecule has 1 atom stereocenters. The third-order valence-electron chi connectivity index (χ3n) is 2.77. The van der Waals surface area contributed by atoms with Crippen molar-refractivity contribution in [3.63, 3.8) is 0 Å². The van der Waals surface area contributed by atoms with E-state index in [2.05, 4.69) is 10.0 Å². The van der Waals surface area contributed by atoms with E-state index in [1.807, 2.05) is 6.92 Å². The Morgan fingerprint density at radius 3 is 2.70 bits per heavy atom. The second-order valence-corrected chi connectivity index (χ2v) is 6.27. The zero-order valence-corrected chi connectivity index (χ0v) is 12.3. The number of non-ortho nitro benzene ring substituents is 1. The van der Waals surface area contributed by atoms with Gasteiger partial charge >= 0.3 is 0 Å². The summed E-state index contributed by atoms with van der Waals surface area (Å²) in [6.45, 7) is 4.19. The van der Waals surface area contributed by atoms with Gasteiger partial charge in [-0.2, -0.15) is 0 Å². The van der Waals surface area contributed by atoms with Gasteiger partial charge in [-0.25, -0.2) is 13.1 Å². The number of benzene rings is 1. The fourth-order valence-electron chi connectivity index (χ4n) is 1.73. The maximum absolute atomic E-state index is 11.5. The molecule has 0 heterocycles. The van der Waals surface area contributed by atoms with Crippen LogP contribution in [0.4, 0.5) is 5.69 Å². The summed E-state index contributed by atoms with van der Waals surface area (Å²) in [6.07, 6.45) is 0. The van der Waals surface area contributed by atoms with Gasteiger partial charge in [0.25, 0.3) is 5.69 Å². The van der Waals surface area contributed by atoms with Crippen LogP contribution in [0.1, 0.15) is 25.5 Å². The molecule has 0 spiro atoms. The molecule has 0 fully saturated rings. The highest BCUT2D eigenvalue weighted by atomic mass is 32.2. The van der Waals surface area contributed by atoms with Crippen molar-refractivity contribution in [2.45, 2.75) is 19.9 Å². The Balaban J connectivity index is 2.57.